The topological polar surface area (TPSA) is 57.3 Å². The lowest BCUT2D eigenvalue weighted by atomic mass is 10.1. The maximum atomic E-state index is 12.3. The van der Waals surface area contributed by atoms with E-state index in [0.717, 1.165) is 22.8 Å². The maximum Gasteiger partial charge on any atom is 0.256 e. The molecule has 0 saturated carbocycles. The van der Waals surface area contributed by atoms with Gasteiger partial charge in [-0.25, -0.2) is 0 Å². The van der Waals surface area contributed by atoms with E-state index in [1.807, 2.05) is 21.0 Å². The first-order valence-electron chi connectivity index (χ1n) is 7.16. The molecule has 0 atom stereocenters. The van der Waals surface area contributed by atoms with E-state index < -0.39 is 0 Å². The summed E-state index contributed by atoms with van der Waals surface area (Å²) < 4.78 is 4.22. The molecule has 1 amide bonds. The molecule has 1 aromatic carbocycles. The molecule has 0 aliphatic heterocycles. The highest BCUT2D eigenvalue weighted by Gasteiger charge is 2.17. The summed E-state index contributed by atoms with van der Waals surface area (Å²) in [5, 5.41) is 6.77. The van der Waals surface area contributed by atoms with E-state index in [1.165, 1.54) is 17.1 Å². The lowest BCUT2D eigenvalue weighted by molar-refractivity contribution is 0.0951. The molecule has 0 unspecified atom stereocenters. The van der Waals surface area contributed by atoms with Crippen molar-refractivity contribution in [1.82, 2.24) is 14.6 Å². The van der Waals surface area contributed by atoms with Gasteiger partial charge in [0, 0.05) is 20.1 Å². The third kappa shape index (κ3) is 4.05. The summed E-state index contributed by atoms with van der Waals surface area (Å²) in [6.45, 7) is 3.28. The third-order valence-electron chi connectivity index (χ3n) is 3.29. The predicted molar refractivity (Wildman–Crippen MR) is 91.4 cm³/mol. The fourth-order valence-corrected chi connectivity index (χ4v) is 2.95. The number of aromatic nitrogens is 1. The van der Waals surface area contributed by atoms with Gasteiger partial charge in [-0.2, -0.15) is 4.37 Å². The van der Waals surface area contributed by atoms with Crippen LogP contribution in [0, 0.1) is 6.92 Å². The molecule has 22 heavy (non-hydrogen) atoms. The molecule has 2 N–H and O–H groups in total. The first-order chi connectivity index (χ1) is 10.5. The Hall–Kier alpha value is -1.92. The van der Waals surface area contributed by atoms with E-state index in [0.29, 0.717) is 12.1 Å². The maximum absolute atomic E-state index is 12.3. The van der Waals surface area contributed by atoms with Gasteiger partial charge < -0.3 is 15.5 Å². The van der Waals surface area contributed by atoms with Gasteiger partial charge in [-0.3, -0.25) is 4.79 Å². The summed E-state index contributed by atoms with van der Waals surface area (Å²) in [6.07, 6.45) is 0. The van der Waals surface area contributed by atoms with Gasteiger partial charge in [-0.15, -0.1) is 0 Å². The third-order valence-corrected chi connectivity index (χ3v) is 4.25. The molecular formula is C16H22N4OS. The van der Waals surface area contributed by atoms with Crippen LogP contribution in [0.5, 0.6) is 0 Å². The molecule has 118 valence electrons. The minimum absolute atomic E-state index is 0.0898. The van der Waals surface area contributed by atoms with E-state index in [4.69, 9.17) is 0 Å². The van der Waals surface area contributed by atoms with Crippen LogP contribution in [-0.2, 0) is 13.1 Å². The van der Waals surface area contributed by atoms with E-state index in [9.17, 15) is 4.79 Å². The van der Waals surface area contributed by atoms with Crippen LogP contribution < -0.4 is 10.6 Å². The zero-order chi connectivity index (χ0) is 16.1. The van der Waals surface area contributed by atoms with Crippen LogP contribution in [0.4, 0.5) is 5.00 Å². The standard InChI is InChI=1S/C16H22N4OS/c1-11-14(16(17-2)22-19-11)15(21)18-9-12-5-7-13(8-6-12)10-20(3)4/h5-8,17H,9-10H2,1-4H3,(H,18,21). The van der Waals surface area contributed by atoms with Crippen LogP contribution in [0.3, 0.4) is 0 Å². The number of amides is 1. The van der Waals surface area contributed by atoms with Crippen molar-refractivity contribution in [3.8, 4) is 0 Å². The molecule has 5 nitrogen and oxygen atoms in total. The number of benzene rings is 1. The molecule has 0 radical (unpaired) electrons. The van der Waals surface area contributed by atoms with Crippen molar-refractivity contribution in [2.24, 2.45) is 0 Å². The zero-order valence-electron chi connectivity index (χ0n) is 13.4. The summed E-state index contributed by atoms with van der Waals surface area (Å²) in [5.74, 6) is -0.0898. The van der Waals surface area contributed by atoms with Crippen molar-refractivity contribution in [3.05, 3.63) is 46.6 Å². The normalized spacial score (nSPS) is 10.8. The second-order valence-corrected chi connectivity index (χ2v) is 6.23. The molecule has 0 aliphatic carbocycles. The van der Waals surface area contributed by atoms with Crippen molar-refractivity contribution in [3.63, 3.8) is 0 Å². The number of hydrogen-bond donors (Lipinski definition) is 2. The average Bonchev–Trinajstić information content (AvgIpc) is 2.86. The quantitative estimate of drug-likeness (QED) is 0.859. The minimum Gasteiger partial charge on any atom is -0.378 e. The first-order valence-corrected chi connectivity index (χ1v) is 7.93. The Labute approximate surface area is 135 Å². The van der Waals surface area contributed by atoms with E-state index in [-0.39, 0.29) is 5.91 Å². The molecule has 1 aromatic heterocycles. The number of nitrogens with one attached hydrogen (secondary N) is 2. The molecule has 6 heteroatoms. The van der Waals surface area contributed by atoms with E-state index >= 15 is 0 Å². The number of rotatable bonds is 6. The van der Waals surface area contributed by atoms with Gasteiger partial charge >= 0.3 is 0 Å². The second-order valence-electron chi connectivity index (χ2n) is 5.46. The van der Waals surface area contributed by atoms with Crippen LogP contribution in [0.1, 0.15) is 27.2 Å². The average molecular weight is 318 g/mol. The van der Waals surface area contributed by atoms with E-state index in [1.54, 1.807) is 7.05 Å². The SMILES string of the molecule is CNc1snc(C)c1C(=O)NCc1ccc(CN(C)C)cc1. The Balaban J connectivity index is 1.97. The molecule has 2 rings (SSSR count). The van der Waals surface area contributed by atoms with Crippen molar-refractivity contribution >= 4 is 22.4 Å². The number of carbonyl (C=O) groups excluding carboxylic acids is 1. The number of hydrogen-bond acceptors (Lipinski definition) is 5. The molecule has 0 spiro atoms. The number of nitrogens with zero attached hydrogens (tertiary/aromatic N) is 2. The van der Waals surface area contributed by atoms with Crippen LogP contribution in [0.15, 0.2) is 24.3 Å². The highest BCUT2D eigenvalue weighted by atomic mass is 32.1. The molecule has 2 aromatic rings. The molecule has 0 aliphatic rings. The Bertz CT molecular complexity index is 634. The monoisotopic (exact) mass is 318 g/mol. The van der Waals surface area contributed by atoms with Crippen molar-refractivity contribution < 1.29 is 4.79 Å². The minimum atomic E-state index is -0.0898. The molecule has 0 fully saturated rings. The van der Waals surface area contributed by atoms with Crippen molar-refractivity contribution in [2.45, 2.75) is 20.0 Å². The number of carbonyl (C=O) groups is 1. The smallest absolute Gasteiger partial charge is 0.256 e. The Morgan fingerprint density at radius 2 is 1.86 bits per heavy atom. The summed E-state index contributed by atoms with van der Waals surface area (Å²) >= 11 is 1.31. The van der Waals surface area contributed by atoms with Gasteiger partial charge in [0.05, 0.1) is 11.3 Å². The Morgan fingerprint density at radius 3 is 2.45 bits per heavy atom. The highest BCUT2D eigenvalue weighted by molar-refractivity contribution is 7.10. The van der Waals surface area contributed by atoms with Crippen LogP contribution in [0.25, 0.3) is 0 Å². The fourth-order valence-electron chi connectivity index (χ4n) is 2.21. The van der Waals surface area contributed by atoms with Gasteiger partial charge in [0.2, 0.25) is 0 Å². The second kappa shape index (κ2) is 7.38. The molecule has 0 saturated heterocycles. The van der Waals surface area contributed by atoms with Gasteiger partial charge in [-0.1, -0.05) is 24.3 Å². The highest BCUT2D eigenvalue weighted by Crippen LogP contribution is 2.23. The van der Waals surface area contributed by atoms with Crippen molar-refractivity contribution in [2.75, 3.05) is 26.5 Å². The van der Waals surface area contributed by atoms with Gasteiger partial charge in [0.25, 0.3) is 5.91 Å². The summed E-state index contributed by atoms with van der Waals surface area (Å²) in [4.78, 5) is 14.4. The van der Waals surface area contributed by atoms with Gasteiger partial charge in [0.15, 0.2) is 0 Å². The lowest BCUT2D eigenvalue weighted by Crippen LogP contribution is -2.23. The fraction of sp³-hybridized carbons (Fsp3) is 0.375. The number of aryl methyl sites for hydroxylation is 1. The van der Waals surface area contributed by atoms with Crippen LogP contribution in [-0.4, -0.2) is 36.3 Å². The van der Waals surface area contributed by atoms with Crippen LogP contribution >= 0.6 is 11.5 Å². The summed E-state index contributed by atoms with van der Waals surface area (Å²) in [5.41, 5.74) is 3.74. The number of anilines is 1. The van der Waals surface area contributed by atoms with Gasteiger partial charge in [0.1, 0.15) is 5.00 Å². The van der Waals surface area contributed by atoms with Gasteiger partial charge in [-0.05, 0) is 43.7 Å². The largest absolute Gasteiger partial charge is 0.378 e. The summed E-state index contributed by atoms with van der Waals surface area (Å²) in [6, 6.07) is 8.30. The Kier molecular flexibility index (Phi) is 5.51. The van der Waals surface area contributed by atoms with Crippen LogP contribution in [0.2, 0.25) is 0 Å². The van der Waals surface area contributed by atoms with E-state index in [2.05, 4.69) is 44.2 Å². The molecule has 1 heterocycles. The summed E-state index contributed by atoms with van der Waals surface area (Å²) in [7, 11) is 5.89. The first kappa shape index (κ1) is 16.5. The zero-order valence-corrected chi connectivity index (χ0v) is 14.3. The van der Waals surface area contributed by atoms with Crippen molar-refractivity contribution in [1.29, 1.82) is 0 Å². The Morgan fingerprint density at radius 1 is 1.23 bits per heavy atom. The lowest BCUT2D eigenvalue weighted by Gasteiger charge is -2.10. The molecule has 0 bridgehead atoms. The predicted octanol–water partition coefficient (Wildman–Crippen LogP) is 2.48. The molecular weight excluding hydrogens is 296 g/mol.